The van der Waals surface area contributed by atoms with Gasteiger partial charge < -0.3 is 10.5 Å². The quantitative estimate of drug-likeness (QED) is 0.854. The number of thiazole rings is 1. The zero-order valence-electron chi connectivity index (χ0n) is 11.5. The number of hydrogen-bond acceptors (Lipinski definition) is 5. The first kappa shape index (κ1) is 13.8. The molecule has 0 aliphatic rings. The molecule has 0 aliphatic heterocycles. The van der Waals surface area contributed by atoms with Crippen LogP contribution in [0.2, 0.25) is 0 Å². The average molecular weight is 277 g/mol. The molecule has 0 unspecified atom stereocenters. The van der Waals surface area contributed by atoms with Gasteiger partial charge in [-0.2, -0.15) is 0 Å². The summed E-state index contributed by atoms with van der Waals surface area (Å²) in [5.74, 6) is 0.727. The Bertz CT molecular complexity index is 553. The predicted octanol–water partition coefficient (Wildman–Crippen LogP) is 2.67. The molecule has 0 bridgehead atoms. The Morgan fingerprint density at radius 3 is 2.74 bits per heavy atom. The summed E-state index contributed by atoms with van der Waals surface area (Å²) in [4.78, 5) is 7.83. The molecule has 102 valence electrons. The topological polar surface area (TPSA) is 51.4 Å². The first-order chi connectivity index (χ1) is 9.10. The summed E-state index contributed by atoms with van der Waals surface area (Å²) in [5.41, 5.74) is 10.8. The molecule has 4 nitrogen and oxygen atoms in total. The highest BCUT2D eigenvalue weighted by molar-refractivity contribution is 7.09. The SMILES string of the molecule is COc1ccc(CN(C)Cc2scnc2C)cc1N. The number of nitrogens with zero attached hydrogens (tertiary/aromatic N) is 2. The standard InChI is InChI=1S/C14H19N3OS/c1-10-14(19-9-16-10)8-17(2)7-11-4-5-13(18-3)12(15)6-11/h4-6,9H,7-8,15H2,1-3H3. The number of anilines is 1. The highest BCUT2D eigenvalue weighted by Crippen LogP contribution is 2.23. The van der Waals surface area contributed by atoms with E-state index >= 15 is 0 Å². The van der Waals surface area contributed by atoms with Crippen molar-refractivity contribution < 1.29 is 4.74 Å². The van der Waals surface area contributed by atoms with Crippen LogP contribution in [0.5, 0.6) is 5.75 Å². The molecular formula is C14H19N3OS. The summed E-state index contributed by atoms with van der Waals surface area (Å²) < 4.78 is 5.16. The molecule has 19 heavy (non-hydrogen) atoms. The maximum Gasteiger partial charge on any atom is 0.141 e. The third-order valence-electron chi connectivity index (χ3n) is 3.00. The van der Waals surface area contributed by atoms with Gasteiger partial charge >= 0.3 is 0 Å². The van der Waals surface area contributed by atoms with E-state index in [1.54, 1.807) is 18.4 Å². The van der Waals surface area contributed by atoms with Crippen molar-refractivity contribution in [1.29, 1.82) is 0 Å². The van der Waals surface area contributed by atoms with Crippen LogP contribution >= 0.6 is 11.3 Å². The number of aryl methyl sites for hydroxylation is 1. The van der Waals surface area contributed by atoms with Crippen molar-refractivity contribution in [3.05, 3.63) is 39.8 Å². The number of rotatable bonds is 5. The van der Waals surface area contributed by atoms with E-state index in [1.807, 2.05) is 30.6 Å². The zero-order chi connectivity index (χ0) is 13.8. The maximum absolute atomic E-state index is 5.92. The second kappa shape index (κ2) is 6.04. The van der Waals surface area contributed by atoms with Crippen molar-refractivity contribution >= 4 is 17.0 Å². The first-order valence-corrected chi connectivity index (χ1v) is 6.98. The monoisotopic (exact) mass is 277 g/mol. The summed E-state index contributed by atoms with van der Waals surface area (Å²) in [6, 6.07) is 5.93. The molecule has 1 heterocycles. The lowest BCUT2D eigenvalue weighted by atomic mass is 10.2. The van der Waals surface area contributed by atoms with Crippen LogP contribution in [-0.4, -0.2) is 24.0 Å². The van der Waals surface area contributed by atoms with Gasteiger partial charge in [-0.05, 0) is 31.7 Å². The second-order valence-electron chi connectivity index (χ2n) is 4.61. The number of ether oxygens (including phenoxy) is 1. The fraction of sp³-hybridized carbons (Fsp3) is 0.357. The molecule has 2 N–H and O–H groups in total. The third kappa shape index (κ3) is 3.45. The van der Waals surface area contributed by atoms with Gasteiger partial charge in [0.1, 0.15) is 5.75 Å². The van der Waals surface area contributed by atoms with Crippen LogP contribution < -0.4 is 10.5 Å². The van der Waals surface area contributed by atoms with Gasteiger partial charge in [0.25, 0.3) is 0 Å². The van der Waals surface area contributed by atoms with Gasteiger partial charge in [0.15, 0.2) is 0 Å². The zero-order valence-corrected chi connectivity index (χ0v) is 12.3. The van der Waals surface area contributed by atoms with Crippen LogP contribution in [0.3, 0.4) is 0 Å². The molecule has 0 spiro atoms. The Hall–Kier alpha value is -1.59. The Labute approximate surface area is 117 Å². The highest BCUT2D eigenvalue weighted by atomic mass is 32.1. The smallest absolute Gasteiger partial charge is 0.141 e. The van der Waals surface area contributed by atoms with E-state index < -0.39 is 0 Å². The third-order valence-corrected chi connectivity index (χ3v) is 3.92. The van der Waals surface area contributed by atoms with E-state index in [0.29, 0.717) is 5.69 Å². The molecule has 0 saturated carbocycles. The normalized spacial score (nSPS) is 10.9. The lowest BCUT2D eigenvalue weighted by Crippen LogP contribution is -2.17. The van der Waals surface area contributed by atoms with Crippen LogP contribution in [0.1, 0.15) is 16.1 Å². The van der Waals surface area contributed by atoms with Gasteiger partial charge in [0.2, 0.25) is 0 Å². The number of methoxy groups -OCH3 is 1. The van der Waals surface area contributed by atoms with Crippen molar-refractivity contribution in [2.24, 2.45) is 0 Å². The van der Waals surface area contributed by atoms with E-state index in [0.717, 1.165) is 24.5 Å². The summed E-state index contributed by atoms with van der Waals surface area (Å²) in [6.45, 7) is 3.80. The Morgan fingerprint density at radius 2 is 2.16 bits per heavy atom. The molecule has 1 aromatic heterocycles. The maximum atomic E-state index is 5.92. The summed E-state index contributed by atoms with van der Waals surface area (Å²) in [7, 11) is 3.73. The number of aromatic nitrogens is 1. The molecule has 0 aliphatic carbocycles. The number of benzene rings is 1. The second-order valence-corrected chi connectivity index (χ2v) is 5.55. The van der Waals surface area contributed by atoms with Gasteiger partial charge in [-0.3, -0.25) is 4.90 Å². The van der Waals surface area contributed by atoms with Crippen LogP contribution in [0, 0.1) is 6.92 Å². The van der Waals surface area contributed by atoms with E-state index in [9.17, 15) is 0 Å². The van der Waals surface area contributed by atoms with Gasteiger partial charge in [-0.1, -0.05) is 6.07 Å². The van der Waals surface area contributed by atoms with E-state index in [-0.39, 0.29) is 0 Å². The van der Waals surface area contributed by atoms with Crippen LogP contribution in [0.4, 0.5) is 5.69 Å². The summed E-state index contributed by atoms with van der Waals surface area (Å²) in [6.07, 6.45) is 0. The molecule has 5 heteroatoms. The molecule has 1 aromatic carbocycles. The van der Waals surface area contributed by atoms with Crippen molar-refractivity contribution in [1.82, 2.24) is 9.88 Å². The highest BCUT2D eigenvalue weighted by Gasteiger charge is 2.07. The lowest BCUT2D eigenvalue weighted by molar-refractivity contribution is 0.321. The Morgan fingerprint density at radius 1 is 1.37 bits per heavy atom. The molecule has 0 saturated heterocycles. The Balaban J connectivity index is 2.01. The predicted molar refractivity (Wildman–Crippen MR) is 79.4 cm³/mol. The minimum absolute atomic E-state index is 0.683. The summed E-state index contributed by atoms with van der Waals surface area (Å²) >= 11 is 1.70. The molecule has 0 amide bonds. The number of hydrogen-bond donors (Lipinski definition) is 1. The lowest BCUT2D eigenvalue weighted by Gasteiger charge is -2.17. The van der Waals surface area contributed by atoms with Gasteiger partial charge in [-0.25, -0.2) is 4.98 Å². The molecule has 2 rings (SSSR count). The van der Waals surface area contributed by atoms with Crippen LogP contribution in [0.25, 0.3) is 0 Å². The van der Waals surface area contributed by atoms with Gasteiger partial charge in [-0.15, -0.1) is 11.3 Å². The molecule has 0 atom stereocenters. The molecule has 2 aromatic rings. The largest absolute Gasteiger partial charge is 0.495 e. The van der Waals surface area contributed by atoms with Crippen molar-refractivity contribution in [2.75, 3.05) is 19.9 Å². The summed E-state index contributed by atoms with van der Waals surface area (Å²) in [5, 5.41) is 0. The minimum Gasteiger partial charge on any atom is -0.495 e. The molecular weight excluding hydrogens is 258 g/mol. The van der Waals surface area contributed by atoms with Crippen molar-refractivity contribution in [3.8, 4) is 5.75 Å². The van der Waals surface area contributed by atoms with E-state index in [2.05, 4.69) is 16.9 Å². The fourth-order valence-electron chi connectivity index (χ4n) is 1.97. The van der Waals surface area contributed by atoms with Crippen molar-refractivity contribution in [3.63, 3.8) is 0 Å². The first-order valence-electron chi connectivity index (χ1n) is 6.10. The number of nitrogen functional groups attached to an aromatic ring is 1. The van der Waals surface area contributed by atoms with Crippen molar-refractivity contribution in [2.45, 2.75) is 20.0 Å². The van der Waals surface area contributed by atoms with Gasteiger partial charge in [0, 0.05) is 18.0 Å². The Kier molecular flexibility index (Phi) is 4.39. The molecule has 0 fully saturated rings. The van der Waals surface area contributed by atoms with E-state index in [1.165, 1.54) is 10.4 Å². The molecule has 0 radical (unpaired) electrons. The fourth-order valence-corrected chi connectivity index (χ4v) is 2.83. The number of nitrogens with two attached hydrogens (primary N) is 1. The van der Waals surface area contributed by atoms with E-state index in [4.69, 9.17) is 10.5 Å². The van der Waals surface area contributed by atoms with Gasteiger partial charge in [0.05, 0.1) is 24.0 Å². The average Bonchev–Trinajstić information content (AvgIpc) is 2.75. The van der Waals surface area contributed by atoms with Crippen LogP contribution in [0.15, 0.2) is 23.7 Å². The minimum atomic E-state index is 0.683. The van der Waals surface area contributed by atoms with Crippen LogP contribution in [-0.2, 0) is 13.1 Å².